The first kappa shape index (κ1) is 11.7. The van der Waals surface area contributed by atoms with Gasteiger partial charge in [-0.1, -0.05) is 0 Å². The van der Waals surface area contributed by atoms with Crippen molar-refractivity contribution in [2.75, 3.05) is 31.6 Å². The van der Waals surface area contributed by atoms with E-state index < -0.39 is 0 Å². The van der Waals surface area contributed by atoms with E-state index in [9.17, 15) is 0 Å². The minimum atomic E-state index is 0.525. The maximum absolute atomic E-state index is 5.40. The van der Waals surface area contributed by atoms with E-state index in [1.807, 2.05) is 13.0 Å². The first-order chi connectivity index (χ1) is 8.85. The topological polar surface area (TPSA) is 50.3 Å². The summed E-state index contributed by atoms with van der Waals surface area (Å²) < 4.78 is 5.40. The van der Waals surface area contributed by atoms with Crippen molar-refractivity contribution < 1.29 is 4.74 Å². The third kappa shape index (κ3) is 2.41. The lowest BCUT2D eigenvalue weighted by atomic mass is 9.84. The maximum Gasteiger partial charge on any atom is 0.218 e. The fourth-order valence-corrected chi connectivity index (χ4v) is 2.96. The number of fused-ring (bicyclic) bond motifs is 3. The van der Waals surface area contributed by atoms with Crippen molar-refractivity contribution >= 4 is 5.82 Å². The molecule has 1 unspecified atom stereocenters. The first-order valence-corrected chi connectivity index (χ1v) is 6.79. The summed E-state index contributed by atoms with van der Waals surface area (Å²) in [4.78, 5) is 10.9. The molecule has 3 aliphatic rings. The van der Waals surface area contributed by atoms with Crippen LogP contribution in [0.15, 0.2) is 12.4 Å². The van der Waals surface area contributed by atoms with Gasteiger partial charge in [0.2, 0.25) is 5.88 Å². The molecule has 0 spiro atoms. The number of aromatic nitrogens is 2. The van der Waals surface area contributed by atoms with Gasteiger partial charge in [-0.3, -0.25) is 0 Å². The highest BCUT2D eigenvalue weighted by Gasteiger charge is 2.34. The van der Waals surface area contributed by atoms with E-state index in [1.54, 1.807) is 6.33 Å². The normalized spacial score (nSPS) is 30.2. The second kappa shape index (κ2) is 5.10. The van der Waals surface area contributed by atoms with Crippen molar-refractivity contribution in [1.29, 1.82) is 0 Å². The molecule has 0 radical (unpaired) electrons. The van der Waals surface area contributed by atoms with E-state index in [1.165, 1.54) is 25.9 Å². The second-order valence-corrected chi connectivity index (χ2v) is 5.06. The first-order valence-electron chi connectivity index (χ1n) is 6.79. The lowest BCUT2D eigenvalue weighted by Crippen LogP contribution is -2.53. The molecule has 1 atom stereocenters. The van der Waals surface area contributed by atoms with Crippen molar-refractivity contribution in [2.45, 2.75) is 25.8 Å². The van der Waals surface area contributed by atoms with Gasteiger partial charge in [-0.2, -0.15) is 0 Å². The summed E-state index contributed by atoms with van der Waals surface area (Å²) in [7, 11) is 0. The zero-order chi connectivity index (χ0) is 12.4. The van der Waals surface area contributed by atoms with Crippen LogP contribution in [-0.4, -0.2) is 47.2 Å². The van der Waals surface area contributed by atoms with E-state index in [0.29, 0.717) is 18.5 Å². The predicted molar refractivity (Wildman–Crippen MR) is 69.8 cm³/mol. The molecule has 3 aliphatic heterocycles. The second-order valence-electron chi connectivity index (χ2n) is 5.06. The van der Waals surface area contributed by atoms with Gasteiger partial charge in [-0.15, -0.1) is 0 Å². The van der Waals surface area contributed by atoms with Gasteiger partial charge in [0.15, 0.2) is 0 Å². The monoisotopic (exact) mass is 248 g/mol. The van der Waals surface area contributed by atoms with Crippen LogP contribution >= 0.6 is 0 Å². The Morgan fingerprint density at radius 3 is 2.89 bits per heavy atom. The molecule has 0 amide bonds. The molecule has 0 saturated carbocycles. The van der Waals surface area contributed by atoms with Crippen molar-refractivity contribution in [1.82, 2.24) is 14.9 Å². The van der Waals surface area contributed by atoms with E-state index in [-0.39, 0.29) is 0 Å². The zero-order valence-electron chi connectivity index (χ0n) is 10.8. The number of anilines is 1. The predicted octanol–water partition coefficient (Wildman–Crippen LogP) is 1.38. The van der Waals surface area contributed by atoms with Crippen molar-refractivity contribution in [3.8, 4) is 5.88 Å². The molecule has 3 fully saturated rings. The molecule has 98 valence electrons. The highest BCUT2D eigenvalue weighted by molar-refractivity contribution is 5.38. The van der Waals surface area contributed by atoms with Crippen LogP contribution in [0.2, 0.25) is 0 Å². The number of nitrogens with one attached hydrogen (secondary N) is 1. The summed E-state index contributed by atoms with van der Waals surface area (Å²) in [6.07, 6.45) is 4.18. The number of piperidine rings is 3. The average molecular weight is 248 g/mol. The molecule has 3 saturated heterocycles. The van der Waals surface area contributed by atoms with Crippen LogP contribution < -0.4 is 10.1 Å². The highest BCUT2D eigenvalue weighted by Crippen LogP contribution is 2.29. The molecule has 5 nitrogen and oxygen atoms in total. The summed E-state index contributed by atoms with van der Waals surface area (Å²) in [6.45, 7) is 6.26. The molecule has 4 heterocycles. The Morgan fingerprint density at radius 2 is 2.22 bits per heavy atom. The number of ether oxygens (including phenoxy) is 1. The molecular formula is C13H20N4O. The molecule has 1 N–H and O–H groups in total. The smallest absolute Gasteiger partial charge is 0.218 e. The van der Waals surface area contributed by atoms with Gasteiger partial charge in [0.1, 0.15) is 12.1 Å². The molecule has 18 heavy (non-hydrogen) atoms. The fraction of sp³-hybridized carbons (Fsp3) is 0.692. The standard InChI is InChI=1S/C13H20N4O/c1-2-18-13-7-12(14-9-15-13)16-11-8-17-5-3-10(11)4-6-17/h7,9-11H,2-6,8H2,1H3,(H,14,15,16). The van der Waals surface area contributed by atoms with Crippen molar-refractivity contribution in [3.05, 3.63) is 12.4 Å². The molecule has 1 aromatic rings. The van der Waals surface area contributed by atoms with E-state index in [4.69, 9.17) is 4.74 Å². The summed E-state index contributed by atoms with van der Waals surface area (Å²) in [5, 5.41) is 3.54. The molecule has 4 rings (SSSR count). The van der Waals surface area contributed by atoms with Gasteiger partial charge >= 0.3 is 0 Å². The summed E-state index contributed by atoms with van der Waals surface area (Å²) in [5.74, 6) is 2.32. The quantitative estimate of drug-likeness (QED) is 0.872. The lowest BCUT2D eigenvalue weighted by molar-refractivity contribution is 0.0973. The van der Waals surface area contributed by atoms with Gasteiger partial charge < -0.3 is 15.0 Å². The lowest BCUT2D eigenvalue weighted by Gasteiger charge is -2.45. The Kier molecular flexibility index (Phi) is 3.32. The van der Waals surface area contributed by atoms with E-state index in [0.717, 1.165) is 18.3 Å². The van der Waals surface area contributed by atoms with Gasteiger partial charge in [0.05, 0.1) is 6.61 Å². The molecule has 2 bridgehead atoms. The van der Waals surface area contributed by atoms with Crippen LogP contribution in [0.4, 0.5) is 5.82 Å². The fourth-order valence-electron chi connectivity index (χ4n) is 2.96. The summed E-state index contributed by atoms with van der Waals surface area (Å²) in [6, 6.07) is 2.41. The largest absolute Gasteiger partial charge is 0.478 e. The van der Waals surface area contributed by atoms with Crippen LogP contribution in [0, 0.1) is 5.92 Å². The van der Waals surface area contributed by atoms with Gasteiger partial charge in [-0.25, -0.2) is 9.97 Å². The Bertz CT molecular complexity index is 404. The van der Waals surface area contributed by atoms with Gasteiger partial charge in [-0.05, 0) is 38.8 Å². The summed E-state index contributed by atoms with van der Waals surface area (Å²) in [5.41, 5.74) is 0. The van der Waals surface area contributed by atoms with Gasteiger partial charge in [0.25, 0.3) is 0 Å². The Morgan fingerprint density at radius 1 is 1.39 bits per heavy atom. The Balaban J connectivity index is 1.67. The molecule has 0 aromatic carbocycles. The third-order valence-electron chi connectivity index (χ3n) is 3.92. The Labute approximate surface area is 108 Å². The highest BCUT2D eigenvalue weighted by atomic mass is 16.5. The van der Waals surface area contributed by atoms with Crippen LogP contribution in [0.3, 0.4) is 0 Å². The molecule has 0 aliphatic carbocycles. The average Bonchev–Trinajstić information content (AvgIpc) is 2.41. The Hall–Kier alpha value is -1.36. The van der Waals surface area contributed by atoms with E-state index in [2.05, 4.69) is 20.2 Å². The van der Waals surface area contributed by atoms with Crippen LogP contribution in [-0.2, 0) is 0 Å². The minimum absolute atomic E-state index is 0.525. The van der Waals surface area contributed by atoms with Gasteiger partial charge in [0, 0.05) is 18.7 Å². The number of nitrogens with zero attached hydrogens (tertiary/aromatic N) is 3. The third-order valence-corrected chi connectivity index (χ3v) is 3.92. The van der Waals surface area contributed by atoms with Crippen molar-refractivity contribution in [2.24, 2.45) is 5.92 Å². The molecule has 5 heteroatoms. The zero-order valence-corrected chi connectivity index (χ0v) is 10.8. The number of rotatable bonds is 4. The van der Waals surface area contributed by atoms with Crippen LogP contribution in [0.1, 0.15) is 19.8 Å². The number of hydrogen-bond acceptors (Lipinski definition) is 5. The molecular weight excluding hydrogens is 228 g/mol. The maximum atomic E-state index is 5.40. The molecule has 1 aromatic heterocycles. The van der Waals surface area contributed by atoms with E-state index >= 15 is 0 Å². The minimum Gasteiger partial charge on any atom is -0.478 e. The van der Waals surface area contributed by atoms with Crippen molar-refractivity contribution in [3.63, 3.8) is 0 Å². The SMILES string of the molecule is CCOc1cc(NC2CN3CCC2CC3)ncn1. The number of hydrogen-bond donors (Lipinski definition) is 1. The van der Waals surface area contributed by atoms with Crippen LogP contribution in [0.25, 0.3) is 0 Å². The van der Waals surface area contributed by atoms with Crippen LogP contribution in [0.5, 0.6) is 5.88 Å². The summed E-state index contributed by atoms with van der Waals surface area (Å²) >= 11 is 0.